The lowest BCUT2D eigenvalue weighted by molar-refractivity contribution is -0.231. The first-order chi connectivity index (χ1) is 22.7. The van der Waals surface area contributed by atoms with E-state index < -0.39 is 61.1 Å². The number of phenols is 1. The number of halogens is 1. The fraction of sp³-hybridized carbons (Fsp3) is 0.306. The molecule has 2 aliphatic rings. The molecule has 2 heterocycles. The van der Waals surface area contributed by atoms with E-state index in [4.69, 9.17) is 4.74 Å². The van der Waals surface area contributed by atoms with E-state index in [1.165, 1.54) is 24.3 Å². The third kappa shape index (κ3) is 6.59. The Labute approximate surface area is 270 Å². The number of aliphatic hydroxyl groups excluding tert-OH is 5. The van der Waals surface area contributed by atoms with E-state index in [0.29, 0.717) is 34.4 Å². The van der Waals surface area contributed by atoms with Crippen LogP contribution in [-0.2, 0) is 4.74 Å². The lowest BCUT2D eigenvalue weighted by Crippen LogP contribution is -2.55. The molecule has 4 aromatic carbocycles. The molecular formula is C36H37FN2O8. The SMILES string of the molecule is O=C1N[C@@H](CCC(O)c2ccc(F)cc2)[C@@H](c2ccc(-c3ccc(C4O[C@H](CO)[C@@H](O)[C@H](O)[C@H]4O)cc3)cc2O)N1c1ccccc1. The molecule has 2 fully saturated rings. The van der Waals surface area contributed by atoms with Crippen LogP contribution in [0.25, 0.3) is 11.1 Å². The molecule has 2 amide bonds. The summed E-state index contributed by atoms with van der Waals surface area (Å²) in [6.07, 6.45) is -6.54. The zero-order chi connectivity index (χ0) is 33.2. The van der Waals surface area contributed by atoms with Crippen LogP contribution in [0.4, 0.5) is 14.9 Å². The minimum atomic E-state index is -1.49. The number of para-hydroxylation sites is 1. The fourth-order valence-electron chi connectivity index (χ4n) is 6.47. The topological polar surface area (TPSA) is 163 Å². The summed E-state index contributed by atoms with van der Waals surface area (Å²) in [5, 5.41) is 65.5. The van der Waals surface area contributed by atoms with Gasteiger partial charge in [-0.15, -0.1) is 0 Å². The van der Waals surface area contributed by atoms with Crippen molar-refractivity contribution in [2.75, 3.05) is 11.5 Å². The molecule has 11 heteroatoms. The number of urea groups is 1. The maximum Gasteiger partial charge on any atom is 0.322 e. The van der Waals surface area contributed by atoms with Gasteiger partial charge in [0.2, 0.25) is 0 Å². The predicted octanol–water partition coefficient (Wildman–Crippen LogP) is 3.87. The highest BCUT2D eigenvalue weighted by Crippen LogP contribution is 2.42. The van der Waals surface area contributed by atoms with E-state index in [9.17, 15) is 39.8 Å². The Morgan fingerprint density at radius 2 is 1.53 bits per heavy atom. The molecule has 8 atom stereocenters. The number of carbonyl (C=O) groups is 1. The van der Waals surface area contributed by atoms with Crippen molar-refractivity contribution in [3.63, 3.8) is 0 Å². The lowest BCUT2D eigenvalue weighted by atomic mass is 9.90. The molecule has 0 aliphatic carbocycles. The highest BCUT2D eigenvalue weighted by Gasteiger charge is 2.44. The monoisotopic (exact) mass is 644 g/mol. The number of hydrogen-bond donors (Lipinski definition) is 7. The number of amides is 2. The summed E-state index contributed by atoms with van der Waals surface area (Å²) in [7, 11) is 0. The molecule has 4 aromatic rings. The van der Waals surface area contributed by atoms with Gasteiger partial charge in [0.15, 0.2) is 0 Å². The van der Waals surface area contributed by atoms with Gasteiger partial charge in [0.1, 0.15) is 42.1 Å². The number of hydrogen-bond acceptors (Lipinski definition) is 8. The van der Waals surface area contributed by atoms with Gasteiger partial charge < -0.3 is 40.7 Å². The second-order valence-corrected chi connectivity index (χ2v) is 12.0. The Morgan fingerprint density at radius 1 is 0.851 bits per heavy atom. The van der Waals surface area contributed by atoms with Crippen LogP contribution in [0, 0.1) is 5.82 Å². The van der Waals surface area contributed by atoms with Crippen LogP contribution in [0.15, 0.2) is 97.1 Å². The van der Waals surface area contributed by atoms with Gasteiger partial charge in [-0.2, -0.15) is 0 Å². The Hall–Kier alpha value is -4.36. The van der Waals surface area contributed by atoms with Crippen molar-refractivity contribution in [2.24, 2.45) is 0 Å². The lowest BCUT2D eigenvalue weighted by Gasteiger charge is -2.40. The zero-order valence-corrected chi connectivity index (χ0v) is 25.3. The Kier molecular flexibility index (Phi) is 9.55. The maximum absolute atomic E-state index is 13.4. The molecule has 0 saturated carbocycles. The number of carbonyl (C=O) groups excluding carboxylic acids is 1. The average Bonchev–Trinajstić information content (AvgIpc) is 3.42. The number of aliphatic hydroxyl groups is 5. The number of anilines is 1. The molecule has 0 spiro atoms. The number of nitrogens with zero attached hydrogens (tertiary/aromatic N) is 1. The van der Waals surface area contributed by atoms with Crippen molar-refractivity contribution in [2.45, 2.75) is 61.5 Å². The van der Waals surface area contributed by atoms with Gasteiger partial charge in [-0.05, 0) is 65.4 Å². The van der Waals surface area contributed by atoms with Crippen molar-refractivity contribution in [3.05, 3.63) is 120 Å². The fourth-order valence-corrected chi connectivity index (χ4v) is 6.47. The van der Waals surface area contributed by atoms with Crippen LogP contribution in [0.5, 0.6) is 5.75 Å². The molecule has 2 aliphatic heterocycles. The smallest absolute Gasteiger partial charge is 0.322 e. The first-order valence-corrected chi connectivity index (χ1v) is 15.5. The molecule has 47 heavy (non-hydrogen) atoms. The van der Waals surface area contributed by atoms with E-state index in [0.717, 1.165) is 5.56 Å². The summed E-state index contributed by atoms with van der Waals surface area (Å²) in [6.45, 7) is -0.523. The first-order valence-electron chi connectivity index (χ1n) is 15.5. The molecule has 6 rings (SSSR count). The summed E-state index contributed by atoms with van der Waals surface area (Å²) in [5.41, 5.74) is 3.67. The van der Waals surface area contributed by atoms with E-state index >= 15 is 0 Å². The van der Waals surface area contributed by atoms with Gasteiger partial charge in [-0.1, -0.05) is 66.7 Å². The molecule has 7 N–H and O–H groups in total. The number of aromatic hydroxyl groups is 1. The third-order valence-electron chi connectivity index (χ3n) is 9.04. The number of ether oxygens (including phenoxy) is 1. The number of rotatable bonds is 9. The number of nitrogens with one attached hydrogen (secondary N) is 1. The van der Waals surface area contributed by atoms with Crippen LogP contribution < -0.4 is 10.2 Å². The Bertz CT molecular complexity index is 1670. The summed E-state index contributed by atoms with van der Waals surface area (Å²) < 4.78 is 19.1. The van der Waals surface area contributed by atoms with E-state index in [2.05, 4.69) is 5.32 Å². The predicted molar refractivity (Wildman–Crippen MR) is 171 cm³/mol. The molecular weight excluding hydrogens is 607 g/mol. The summed E-state index contributed by atoms with van der Waals surface area (Å²) >= 11 is 0. The van der Waals surface area contributed by atoms with Crippen molar-refractivity contribution in [1.29, 1.82) is 0 Å². The highest BCUT2D eigenvalue weighted by molar-refractivity contribution is 5.96. The van der Waals surface area contributed by atoms with E-state index in [1.807, 2.05) is 36.4 Å². The van der Waals surface area contributed by atoms with Crippen LogP contribution in [0.2, 0.25) is 0 Å². The van der Waals surface area contributed by atoms with Crippen LogP contribution in [0.1, 0.15) is 47.8 Å². The third-order valence-corrected chi connectivity index (χ3v) is 9.04. The molecule has 0 radical (unpaired) electrons. The van der Waals surface area contributed by atoms with Gasteiger partial charge in [-0.25, -0.2) is 9.18 Å². The van der Waals surface area contributed by atoms with Crippen molar-refractivity contribution < 1.29 is 44.6 Å². The Balaban J connectivity index is 1.25. The maximum atomic E-state index is 13.4. The number of phenolic OH excluding ortho intramolecular Hbond substituents is 1. The Morgan fingerprint density at radius 3 is 2.19 bits per heavy atom. The summed E-state index contributed by atoms with van der Waals surface area (Å²) in [5.74, 6) is -0.432. The normalized spacial score (nSPS) is 26.6. The molecule has 10 nitrogen and oxygen atoms in total. The largest absolute Gasteiger partial charge is 0.508 e. The second kappa shape index (κ2) is 13.8. The molecule has 2 unspecified atom stereocenters. The summed E-state index contributed by atoms with van der Waals surface area (Å²) in [6, 6.07) is 25.5. The van der Waals surface area contributed by atoms with Gasteiger partial charge in [0, 0.05) is 11.3 Å². The molecule has 0 bridgehead atoms. The first kappa shape index (κ1) is 32.6. The van der Waals surface area contributed by atoms with Gasteiger partial charge in [0.05, 0.1) is 24.8 Å². The van der Waals surface area contributed by atoms with Gasteiger partial charge in [-0.3, -0.25) is 4.90 Å². The average molecular weight is 645 g/mol. The van der Waals surface area contributed by atoms with Crippen LogP contribution in [0.3, 0.4) is 0 Å². The van der Waals surface area contributed by atoms with Gasteiger partial charge >= 0.3 is 6.03 Å². The van der Waals surface area contributed by atoms with Gasteiger partial charge in [0.25, 0.3) is 0 Å². The second-order valence-electron chi connectivity index (χ2n) is 12.0. The number of benzene rings is 4. The molecule has 0 aromatic heterocycles. The van der Waals surface area contributed by atoms with Crippen LogP contribution in [-0.4, -0.2) is 73.7 Å². The highest BCUT2D eigenvalue weighted by atomic mass is 19.1. The van der Waals surface area contributed by atoms with Crippen LogP contribution >= 0.6 is 0 Å². The summed E-state index contributed by atoms with van der Waals surface area (Å²) in [4.78, 5) is 14.9. The zero-order valence-electron chi connectivity index (χ0n) is 25.3. The van der Waals surface area contributed by atoms with E-state index in [-0.39, 0.29) is 18.2 Å². The quantitative estimate of drug-likeness (QED) is 0.145. The van der Waals surface area contributed by atoms with Crippen molar-refractivity contribution in [1.82, 2.24) is 5.32 Å². The van der Waals surface area contributed by atoms with Crippen molar-refractivity contribution in [3.8, 4) is 16.9 Å². The molecule has 2 saturated heterocycles. The minimum absolute atomic E-state index is 0.0352. The minimum Gasteiger partial charge on any atom is -0.508 e. The molecule has 246 valence electrons. The standard InChI is InChI=1S/C36H37FN2O8/c37-24-13-10-21(11-14-24)28(41)17-16-27-31(39(36(46)38-27)25-4-2-1-3-5-25)26-15-12-23(18-29(26)42)20-6-8-22(9-7-20)35-34(45)33(44)32(43)30(19-40)47-35/h1-15,18,27-28,30-35,40-45H,16-17,19H2,(H,38,46)/t27-,28?,30+,31+,32+,33-,34+,35?/m0/s1. The van der Waals surface area contributed by atoms with E-state index in [1.54, 1.807) is 41.3 Å². The van der Waals surface area contributed by atoms with Crippen molar-refractivity contribution >= 4 is 11.7 Å².